The maximum Gasteiger partial charge on any atom is 0.201 e. The number of benzene rings is 1. The van der Waals surface area contributed by atoms with Gasteiger partial charge in [-0.3, -0.25) is 0 Å². The van der Waals surface area contributed by atoms with Crippen LogP contribution in [-0.4, -0.2) is 9.55 Å². The van der Waals surface area contributed by atoms with E-state index in [1.807, 2.05) is 0 Å². The third kappa shape index (κ3) is 1.51. The molecule has 2 N–H and O–H groups in total. The standard InChI is InChI=1S/C14H16FN3/c15-10-5-6-11-12(7-10)18(14(16)17-11)13(8-1-2-8)9-3-4-9/h5-9,13H,1-4H2,(H2,16,17). The lowest BCUT2D eigenvalue weighted by Gasteiger charge is -2.19. The summed E-state index contributed by atoms with van der Waals surface area (Å²) in [5.74, 6) is 1.77. The number of rotatable bonds is 3. The summed E-state index contributed by atoms with van der Waals surface area (Å²) in [6.07, 6.45) is 5.09. The van der Waals surface area contributed by atoms with Gasteiger partial charge in [-0.25, -0.2) is 9.37 Å². The second kappa shape index (κ2) is 3.46. The Morgan fingerprint density at radius 1 is 1.22 bits per heavy atom. The summed E-state index contributed by atoms with van der Waals surface area (Å²) >= 11 is 0. The highest BCUT2D eigenvalue weighted by Gasteiger charge is 2.43. The fraction of sp³-hybridized carbons (Fsp3) is 0.500. The quantitative estimate of drug-likeness (QED) is 0.902. The number of nitrogens with two attached hydrogens (primary N) is 1. The molecule has 0 atom stereocenters. The van der Waals surface area contributed by atoms with E-state index in [1.54, 1.807) is 12.1 Å². The highest BCUT2D eigenvalue weighted by molar-refractivity contribution is 5.78. The maximum atomic E-state index is 13.4. The minimum Gasteiger partial charge on any atom is -0.369 e. The fourth-order valence-electron chi connectivity index (χ4n) is 3.08. The van der Waals surface area contributed by atoms with Crippen molar-refractivity contribution in [3.05, 3.63) is 24.0 Å². The Morgan fingerprint density at radius 3 is 2.50 bits per heavy atom. The lowest BCUT2D eigenvalue weighted by atomic mass is 10.1. The molecule has 1 aromatic carbocycles. The predicted molar refractivity (Wildman–Crippen MR) is 68.6 cm³/mol. The molecule has 18 heavy (non-hydrogen) atoms. The molecular weight excluding hydrogens is 229 g/mol. The van der Waals surface area contributed by atoms with Crippen LogP contribution in [0.2, 0.25) is 0 Å². The van der Waals surface area contributed by atoms with Crippen LogP contribution in [0.25, 0.3) is 11.0 Å². The van der Waals surface area contributed by atoms with Gasteiger partial charge in [-0.15, -0.1) is 0 Å². The van der Waals surface area contributed by atoms with Crippen molar-refractivity contribution >= 4 is 17.0 Å². The van der Waals surface area contributed by atoms with Gasteiger partial charge in [-0.1, -0.05) is 0 Å². The molecule has 1 aromatic heterocycles. The Kier molecular flexibility index (Phi) is 1.99. The van der Waals surface area contributed by atoms with Crippen LogP contribution < -0.4 is 5.73 Å². The summed E-state index contributed by atoms with van der Waals surface area (Å²) in [5, 5.41) is 0. The largest absolute Gasteiger partial charge is 0.369 e. The summed E-state index contributed by atoms with van der Waals surface area (Å²) in [5.41, 5.74) is 7.73. The molecule has 1 heterocycles. The van der Waals surface area contributed by atoms with Crippen molar-refractivity contribution in [3.8, 4) is 0 Å². The first-order chi connectivity index (χ1) is 8.74. The SMILES string of the molecule is Nc1nc2ccc(F)cc2n1C(C1CC1)C1CC1. The van der Waals surface area contributed by atoms with Crippen LogP contribution in [0.1, 0.15) is 31.7 Å². The topological polar surface area (TPSA) is 43.8 Å². The number of anilines is 1. The third-order valence-electron chi connectivity index (χ3n) is 4.19. The second-order valence-corrected chi connectivity index (χ2v) is 5.64. The average molecular weight is 245 g/mol. The monoisotopic (exact) mass is 245 g/mol. The van der Waals surface area contributed by atoms with Crippen LogP contribution in [0.4, 0.5) is 10.3 Å². The minimum absolute atomic E-state index is 0.214. The van der Waals surface area contributed by atoms with E-state index in [4.69, 9.17) is 5.73 Å². The van der Waals surface area contributed by atoms with Crippen LogP contribution in [0, 0.1) is 17.7 Å². The molecule has 2 aliphatic carbocycles. The number of nitrogens with zero attached hydrogens (tertiary/aromatic N) is 2. The van der Waals surface area contributed by atoms with Gasteiger partial charge in [0.25, 0.3) is 0 Å². The van der Waals surface area contributed by atoms with E-state index < -0.39 is 0 Å². The molecule has 0 aliphatic heterocycles. The Hall–Kier alpha value is -1.58. The lowest BCUT2D eigenvalue weighted by Crippen LogP contribution is -2.15. The summed E-state index contributed by atoms with van der Waals surface area (Å²) in [6, 6.07) is 5.17. The van der Waals surface area contributed by atoms with Crippen LogP contribution in [0.5, 0.6) is 0 Å². The molecule has 0 spiro atoms. The first kappa shape index (κ1) is 10.4. The number of imidazole rings is 1. The van der Waals surface area contributed by atoms with Crippen molar-refractivity contribution in [2.45, 2.75) is 31.7 Å². The van der Waals surface area contributed by atoms with E-state index >= 15 is 0 Å². The fourth-order valence-corrected chi connectivity index (χ4v) is 3.08. The van der Waals surface area contributed by atoms with E-state index in [0.29, 0.717) is 12.0 Å². The number of hydrogen-bond donors (Lipinski definition) is 1. The zero-order chi connectivity index (χ0) is 12.3. The molecule has 0 bridgehead atoms. The number of halogens is 1. The van der Waals surface area contributed by atoms with Crippen LogP contribution in [-0.2, 0) is 0 Å². The van der Waals surface area contributed by atoms with E-state index in [1.165, 1.54) is 31.7 Å². The summed E-state index contributed by atoms with van der Waals surface area (Å²) < 4.78 is 15.5. The summed E-state index contributed by atoms with van der Waals surface area (Å²) in [6.45, 7) is 0. The molecule has 4 rings (SSSR count). The van der Waals surface area contributed by atoms with Gasteiger partial charge in [0.15, 0.2) is 0 Å². The van der Waals surface area contributed by atoms with Crippen molar-refractivity contribution in [3.63, 3.8) is 0 Å². The van der Waals surface area contributed by atoms with Crippen LogP contribution in [0.15, 0.2) is 18.2 Å². The number of fused-ring (bicyclic) bond motifs is 1. The van der Waals surface area contributed by atoms with Gasteiger partial charge < -0.3 is 10.3 Å². The highest BCUT2D eigenvalue weighted by Crippen LogP contribution is 2.53. The summed E-state index contributed by atoms with van der Waals surface area (Å²) in [7, 11) is 0. The van der Waals surface area contributed by atoms with Gasteiger partial charge in [-0.2, -0.15) is 0 Å². The molecule has 2 aliphatic rings. The number of aromatic nitrogens is 2. The smallest absolute Gasteiger partial charge is 0.201 e. The number of nitrogen functional groups attached to an aromatic ring is 1. The zero-order valence-corrected chi connectivity index (χ0v) is 10.1. The van der Waals surface area contributed by atoms with E-state index in [0.717, 1.165) is 22.9 Å². The molecule has 2 fully saturated rings. The summed E-state index contributed by atoms with van der Waals surface area (Å²) in [4.78, 5) is 4.37. The maximum absolute atomic E-state index is 13.4. The van der Waals surface area contributed by atoms with E-state index in [2.05, 4.69) is 9.55 Å². The van der Waals surface area contributed by atoms with Crippen molar-refractivity contribution in [2.24, 2.45) is 11.8 Å². The Morgan fingerprint density at radius 2 is 1.89 bits per heavy atom. The average Bonchev–Trinajstić information content (AvgIpc) is 3.22. The molecule has 0 saturated heterocycles. The molecule has 2 saturated carbocycles. The van der Waals surface area contributed by atoms with E-state index in [-0.39, 0.29) is 5.82 Å². The molecule has 2 aromatic rings. The van der Waals surface area contributed by atoms with Crippen LogP contribution >= 0.6 is 0 Å². The molecular formula is C14H16FN3. The molecule has 0 unspecified atom stereocenters. The number of hydrogen-bond acceptors (Lipinski definition) is 2. The molecule has 94 valence electrons. The lowest BCUT2D eigenvalue weighted by molar-refractivity contribution is 0.408. The first-order valence-electron chi connectivity index (χ1n) is 6.67. The molecule has 0 radical (unpaired) electrons. The second-order valence-electron chi connectivity index (χ2n) is 5.64. The van der Waals surface area contributed by atoms with Gasteiger partial charge in [-0.05, 0) is 55.7 Å². The highest BCUT2D eigenvalue weighted by atomic mass is 19.1. The Labute approximate surface area is 105 Å². The Balaban J connectivity index is 1.91. The van der Waals surface area contributed by atoms with Gasteiger partial charge >= 0.3 is 0 Å². The third-order valence-corrected chi connectivity index (χ3v) is 4.19. The zero-order valence-electron chi connectivity index (χ0n) is 10.1. The molecule has 4 heteroatoms. The van der Waals surface area contributed by atoms with Gasteiger partial charge in [0.05, 0.1) is 11.0 Å². The van der Waals surface area contributed by atoms with Gasteiger partial charge in [0, 0.05) is 6.04 Å². The van der Waals surface area contributed by atoms with Gasteiger partial charge in [0.1, 0.15) is 5.82 Å². The molecule has 0 amide bonds. The van der Waals surface area contributed by atoms with Crippen molar-refractivity contribution < 1.29 is 4.39 Å². The Bertz CT molecular complexity index is 599. The van der Waals surface area contributed by atoms with Gasteiger partial charge in [0.2, 0.25) is 5.95 Å². The predicted octanol–water partition coefficient (Wildman–Crippen LogP) is 3.12. The van der Waals surface area contributed by atoms with Crippen molar-refractivity contribution in [1.29, 1.82) is 0 Å². The normalized spacial score (nSPS) is 19.9. The first-order valence-corrected chi connectivity index (χ1v) is 6.67. The minimum atomic E-state index is -0.214. The van der Waals surface area contributed by atoms with Crippen LogP contribution in [0.3, 0.4) is 0 Å². The molecule has 3 nitrogen and oxygen atoms in total. The van der Waals surface area contributed by atoms with Crippen molar-refractivity contribution in [1.82, 2.24) is 9.55 Å². The van der Waals surface area contributed by atoms with Crippen molar-refractivity contribution in [2.75, 3.05) is 5.73 Å². The van der Waals surface area contributed by atoms with E-state index in [9.17, 15) is 4.39 Å².